The molecule has 31 nitrogen and oxygen atoms in total. The zero-order valence-electron chi connectivity index (χ0n) is 53.8. The normalized spacial score (nSPS) is 15.3. The average Bonchev–Trinajstić information content (AvgIpc) is 1.62. The molecule has 0 saturated carbocycles. The number of carboxylic acids is 1. The van der Waals surface area contributed by atoms with Gasteiger partial charge in [-0.05, 0) is 65.4 Å². The minimum absolute atomic E-state index is 0.0451. The Morgan fingerprint density at radius 1 is 0.470 bits per heavy atom. The summed E-state index contributed by atoms with van der Waals surface area (Å²) in [6.45, 7) is 0.0762. The van der Waals surface area contributed by atoms with Crippen LogP contribution in [0, 0.1) is 0 Å². The number of primary amides is 1. The van der Waals surface area contributed by atoms with E-state index in [0.717, 1.165) is 10.9 Å². The predicted molar refractivity (Wildman–Crippen MR) is 362 cm³/mol. The lowest BCUT2D eigenvalue weighted by Crippen LogP contribution is -2.61. The molecule has 19 N–H and O–H groups in total. The van der Waals surface area contributed by atoms with Crippen LogP contribution in [-0.2, 0) is 92.9 Å². The molecule has 1 saturated heterocycles. The molecule has 1 aliphatic rings. The number of carbonyl (C=O) groups excluding carboxylic acids is 9. The number of nitrogens with zero attached hydrogens (tertiary/aromatic N) is 4. The monoisotopic (exact) mass is 1360 g/mol. The van der Waals surface area contributed by atoms with Gasteiger partial charge in [0.2, 0.25) is 53.2 Å². The number of H-pyrrole nitrogens is 6. The lowest BCUT2D eigenvalue weighted by Gasteiger charge is -2.31. The Morgan fingerprint density at radius 3 is 1.32 bits per heavy atom. The Morgan fingerprint density at radius 2 is 0.870 bits per heavy atom. The minimum Gasteiger partial charge on any atom is -0.508 e. The number of aromatic amines is 6. The van der Waals surface area contributed by atoms with Gasteiger partial charge in [-0.25, -0.2) is 19.7 Å². The summed E-state index contributed by atoms with van der Waals surface area (Å²) in [5.74, 6) is -9.28. The smallest absolute Gasteiger partial charge is 0.326 e. The van der Waals surface area contributed by atoms with Gasteiger partial charge in [0.1, 0.15) is 54.1 Å². The number of nitrogens with two attached hydrogens (primary N) is 2. The zero-order valence-corrected chi connectivity index (χ0v) is 53.8. The highest BCUT2D eigenvalue weighted by Crippen LogP contribution is 2.26. The Kier molecular flexibility index (Phi) is 21.8. The number of amides is 9. The number of imidazole rings is 3. The third-order valence-corrected chi connectivity index (χ3v) is 17.6. The molecule has 0 aliphatic carbocycles. The van der Waals surface area contributed by atoms with E-state index in [-0.39, 0.29) is 69.4 Å². The van der Waals surface area contributed by atoms with Crippen LogP contribution in [0.5, 0.6) is 5.75 Å². The summed E-state index contributed by atoms with van der Waals surface area (Å²) in [6.07, 6.45) is 12.2. The van der Waals surface area contributed by atoms with E-state index in [1.807, 2.05) is 42.5 Å². The number of rotatable bonds is 32. The first-order chi connectivity index (χ1) is 48.3. The molecular weight excluding hydrogens is 1290 g/mol. The first-order valence-electron chi connectivity index (χ1n) is 32.4. The van der Waals surface area contributed by atoms with Gasteiger partial charge in [-0.3, -0.25) is 43.2 Å². The number of aliphatic carboxylic acids is 1. The molecule has 0 bridgehead atoms. The van der Waals surface area contributed by atoms with Crippen molar-refractivity contribution in [1.82, 2.24) is 87.0 Å². The molecule has 0 unspecified atom stereocenters. The summed E-state index contributed by atoms with van der Waals surface area (Å²) in [5.41, 5.74) is 17.2. The van der Waals surface area contributed by atoms with E-state index < -0.39 is 120 Å². The van der Waals surface area contributed by atoms with Crippen LogP contribution in [0.2, 0.25) is 0 Å². The number of aromatic nitrogens is 9. The molecule has 11 rings (SSSR count). The van der Waals surface area contributed by atoms with Crippen LogP contribution >= 0.6 is 0 Å². The quantitative estimate of drug-likeness (QED) is 0.0276. The SMILES string of the molecule is NC(=O)C[C@H](NC(=O)[C@@H](N)Cc1c[nH]cn1)C(=O)N[C@@H](Cc1c[nH]c2ccccc12)C(=O)N[C@@H](Cc1ccc(O)cc1)C(=O)N[C@@H](Cc1c[nH]cn1)C(=O)N[C@@H](Cc1c[nH]c2ccccc12)C(=O)N[C@@H](Cc1c[nH]c2ccccc12)C(=O)N1CCC[C@H]1C(=O)N[C@@H](Cc1c[nH]cn1)C(=O)O. The Hall–Kier alpha value is -12.4. The fourth-order valence-corrected chi connectivity index (χ4v) is 12.4. The van der Waals surface area contributed by atoms with Gasteiger partial charge in [0.15, 0.2) is 0 Å². The van der Waals surface area contributed by atoms with Gasteiger partial charge >= 0.3 is 5.97 Å². The van der Waals surface area contributed by atoms with Crippen LogP contribution in [0.25, 0.3) is 32.7 Å². The second-order valence-corrected chi connectivity index (χ2v) is 24.6. The number of phenolic OH excluding ortho intramolecular Hbond substituents is 1. The van der Waals surface area contributed by atoms with E-state index in [0.29, 0.717) is 61.9 Å². The van der Waals surface area contributed by atoms with Crippen molar-refractivity contribution in [2.24, 2.45) is 11.5 Å². The summed E-state index contributed by atoms with van der Waals surface area (Å²) < 4.78 is 0. The lowest BCUT2D eigenvalue weighted by molar-refractivity contribution is -0.145. The molecule has 100 heavy (non-hydrogen) atoms. The second-order valence-electron chi connectivity index (χ2n) is 24.6. The number of para-hydroxylation sites is 3. The molecule has 7 heterocycles. The standard InChI is InChI=1S/C69H75N19O12/c70-48(24-41-31-72-34-78-41)61(91)81-56(27-60(71)90)66(96)84-53(21-38-28-75-49-11-4-1-8-45(38)49)63(93)82-52(20-37-15-17-44(89)18-16-37)62(92)85-55(25-42-32-73-35-79-42)65(95)83-54(22-39-29-76-50-12-5-2-9-46(39)50)64(94)86-57(23-40-30-77-51-13-6-3-10-47(40)51)68(98)88-19-7-14-59(88)67(97)87-58(69(99)100)26-43-33-74-36-80-43/h1-6,8-13,15-18,28-36,48,52-59,75-77,89H,7,14,19-27,70H2,(H2,71,90)(H,72,78)(H,73,79)(H,74,80)(H,81,91)(H,82,93)(H,83,95)(H,84,96)(H,85,92)(H,86,94)(H,87,97)(H,99,100)/t48-,52-,53-,54-,55-,56-,57-,58-,59-/m0/s1. The molecule has 4 aromatic carbocycles. The summed E-state index contributed by atoms with van der Waals surface area (Å²) in [4.78, 5) is 176. The van der Waals surface area contributed by atoms with Crippen LogP contribution in [0.4, 0.5) is 0 Å². The summed E-state index contributed by atoms with van der Waals surface area (Å²) in [7, 11) is 0. The number of nitrogens with one attached hydrogen (secondary N) is 13. The number of phenols is 1. The maximum absolute atomic E-state index is 15.5. The number of hydrogen-bond donors (Lipinski definition) is 17. The number of aromatic hydroxyl groups is 1. The maximum atomic E-state index is 15.5. The Labute approximate surface area is 569 Å². The molecule has 31 heteroatoms. The highest BCUT2D eigenvalue weighted by molar-refractivity contribution is 6.00. The van der Waals surface area contributed by atoms with Gasteiger partial charge in [-0.2, -0.15) is 0 Å². The number of fused-ring (bicyclic) bond motifs is 3. The summed E-state index contributed by atoms with van der Waals surface area (Å²) in [6, 6.07) is 14.4. The zero-order chi connectivity index (χ0) is 70.4. The lowest BCUT2D eigenvalue weighted by atomic mass is 10.00. The van der Waals surface area contributed by atoms with Gasteiger partial charge in [0, 0.05) is 121 Å². The topological polar surface area (TPSA) is 484 Å². The molecule has 9 atom stereocenters. The van der Waals surface area contributed by atoms with E-state index in [4.69, 9.17) is 11.5 Å². The Balaban J connectivity index is 0.889. The third kappa shape index (κ3) is 17.2. The molecule has 0 spiro atoms. The fraction of sp³-hybridized carbons (Fsp3) is 0.290. The van der Waals surface area contributed by atoms with Crippen molar-refractivity contribution in [3.05, 3.63) is 193 Å². The number of benzene rings is 4. The molecule has 1 fully saturated rings. The number of likely N-dealkylation sites (tertiary alicyclic amines) is 1. The fourth-order valence-electron chi connectivity index (χ4n) is 12.4. The molecular formula is C69H75N19O12. The van der Waals surface area contributed by atoms with Gasteiger partial charge < -0.3 is 93.7 Å². The van der Waals surface area contributed by atoms with E-state index in [2.05, 4.69) is 82.1 Å². The highest BCUT2D eigenvalue weighted by atomic mass is 16.4. The van der Waals surface area contributed by atoms with Crippen molar-refractivity contribution in [3.8, 4) is 5.75 Å². The largest absolute Gasteiger partial charge is 0.508 e. The van der Waals surface area contributed by atoms with Crippen molar-refractivity contribution in [2.75, 3.05) is 6.54 Å². The Bertz CT molecular complexity index is 4550. The van der Waals surface area contributed by atoms with Gasteiger partial charge in [0.25, 0.3) is 0 Å². The van der Waals surface area contributed by atoms with E-state index in [9.17, 15) is 34.2 Å². The second kappa shape index (κ2) is 31.6. The first-order valence-corrected chi connectivity index (χ1v) is 32.4. The third-order valence-electron chi connectivity index (χ3n) is 17.6. The van der Waals surface area contributed by atoms with Crippen molar-refractivity contribution < 1.29 is 58.2 Å². The van der Waals surface area contributed by atoms with Crippen molar-refractivity contribution >= 4 is 91.8 Å². The van der Waals surface area contributed by atoms with Crippen LogP contribution in [0.15, 0.2) is 153 Å². The van der Waals surface area contributed by atoms with Gasteiger partial charge in [0.05, 0.1) is 48.5 Å². The van der Waals surface area contributed by atoms with Crippen molar-refractivity contribution in [3.63, 3.8) is 0 Å². The molecule has 10 aromatic rings. The first kappa shape index (κ1) is 69.0. The molecule has 518 valence electrons. The van der Waals surface area contributed by atoms with E-state index in [1.165, 1.54) is 66.7 Å². The minimum atomic E-state index is -1.64. The van der Waals surface area contributed by atoms with Crippen molar-refractivity contribution in [2.45, 2.75) is 119 Å². The van der Waals surface area contributed by atoms with Crippen LogP contribution in [-0.4, -0.2) is 180 Å². The molecule has 1 aliphatic heterocycles. The summed E-state index contributed by atoms with van der Waals surface area (Å²) >= 11 is 0. The number of carboxylic acid groups (broad SMARTS) is 1. The van der Waals surface area contributed by atoms with Gasteiger partial charge in [-0.1, -0.05) is 66.7 Å². The molecule has 9 amide bonds. The highest BCUT2D eigenvalue weighted by Gasteiger charge is 2.41. The average molecular weight is 1360 g/mol. The molecule has 6 aromatic heterocycles. The number of carbonyl (C=O) groups is 10. The predicted octanol–water partition coefficient (Wildman–Crippen LogP) is 0.676. The van der Waals surface area contributed by atoms with Crippen molar-refractivity contribution in [1.29, 1.82) is 0 Å². The number of hydrogen-bond acceptors (Lipinski definition) is 15. The van der Waals surface area contributed by atoms with E-state index in [1.54, 1.807) is 48.9 Å². The summed E-state index contributed by atoms with van der Waals surface area (Å²) in [5, 5.41) is 41.7. The van der Waals surface area contributed by atoms with E-state index >= 15 is 24.0 Å². The molecule has 0 radical (unpaired) electrons. The van der Waals surface area contributed by atoms with Gasteiger partial charge in [-0.15, -0.1) is 0 Å². The van der Waals surface area contributed by atoms with Crippen LogP contribution in [0.3, 0.4) is 0 Å². The maximum Gasteiger partial charge on any atom is 0.326 e. The van der Waals surface area contributed by atoms with Crippen LogP contribution < -0.4 is 48.7 Å². The van der Waals surface area contributed by atoms with Crippen LogP contribution in [0.1, 0.15) is 58.6 Å².